The van der Waals surface area contributed by atoms with Crippen LogP contribution in [0.25, 0.3) is 11.1 Å². The Labute approximate surface area is 169 Å². The maximum atomic E-state index is 12.2. The first-order valence-electron chi connectivity index (χ1n) is 9.46. The molecule has 0 spiro atoms. The summed E-state index contributed by atoms with van der Waals surface area (Å²) in [5.74, 6) is -0.638. The molecule has 1 aliphatic carbocycles. The van der Waals surface area contributed by atoms with Crippen LogP contribution in [0.5, 0.6) is 0 Å². The Bertz CT molecular complexity index is 807. The molecule has 29 heavy (non-hydrogen) atoms. The maximum absolute atomic E-state index is 12.2. The zero-order valence-electron chi connectivity index (χ0n) is 16.6. The summed E-state index contributed by atoms with van der Waals surface area (Å²) in [5.41, 5.74) is 4.56. The Morgan fingerprint density at radius 3 is 2.21 bits per heavy atom. The highest BCUT2D eigenvalue weighted by Crippen LogP contribution is 2.44. The van der Waals surface area contributed by atoms with Gasteiger partial charge in [0.1, 0.15) is 12.6 Å². The third-order valence-corrected chi connectivity index (χ3v) is 4.75. The van der Waals surface area contributed by atoms with Crippen molar-refractivity contribution < 1.29 is 28.5 Å². The monoisotopic (exact) mass is 399 g/mol. The standard InChI is InChI=1S/C22H25NO6/c1-15(21(24)29-14-27-12-11-26-2)23-22(25)28-13-20-18-9-5-3-7-16(18)17-8-4-6-10-19(17)20/h3-10,15,20H,11-14H2,1-2H3,(H,23,25)/t15-/m0/s1. The smallest absolute Gasteiger partial charge is 0.407 e. The summed E-state index contributed by atoms with van der Waals surface area (Å²) >= 11 is 0. The van der Waals surface area contributed by atoms with Gasteiger partial charge in [-0.1, -0.05) is 48.5 Å². The van der Waals surface area contributed by atoms with Crippen LogP contribution < -0.4 is 5.32 Å². The second-order valence-electron chi connectivity index (χ2n) is 6.67. The zero-order chi connectivity index (χ0) is 20.6. The van der Waals surface area contributed by atoms with Crippen LogP contribution in [-0.2, 0) is 23.7 Å². The van der Waals surface area contributed by atoms with E-state index >= 15 is 0 Å². The number of carbonyl (C=O) groups excluding carboxylic acids is 2. The van der Waals surface area contributed by atoms with E-state index in [2.05, 4.69) is 17.4 Å². The van der Waals surface area contributed by atoms with Crippen molar-refractivity contribution in [2.75, 3.05) is 33.7 Å². The molecule has 7 nitrogen and oxygen atoms in total. The summed E-state index contributed by atoms with van der Waals surface area (Å²) in [6.07, 6.45) is -0.670. The Morgan fingerprint density at radius 2 is 1.59 bits per heavy atom. The lowest BCUT2D eigenvalue weighted by molar-refractivity contribution is -0.159. The van der Waals surface area contributed by atoms with E-state index in [0.29, 0.717) is 13.2 Å². The minimum absolute atomic E-state index is 0.0374. The number of methoxy groups -OCH3 is 1. The lowest BCUT2D eigenvalue weighted by Gasteiger charge is -2.16. The van der Waals surface area contributed by atoms with E-state index in [0.717, 1.165) is 22.3 Å². The topological polar surface area (TPSA) is 83.1 Å². The predicted octanol–water partition coefficient (Wildman–Crippen LogP) is 3.08. The van der Waals surface area contributed by atoms with Crippen LogP contribution in [0.2, 0.25) is 0 Å². The molecule has 0 aromatic heterocycles. The van der Waals surface area contributed by atoms with Gasteiger partial charge in [0.05, 0.1) is 13.2 Å². The summed E-state index contributed by atoms with van der Waals surface area (Å²) in [7, 11) is 1.55. The molecule has 3 rings (SSSR count). The molecule has 154 valence electrons. The number of esters is 1. The van der Waals surface area contributed by atoms with Crippen molar-refractivity contribution in [1.29, 1.82) is 0 Å². The van der Waals surface area contributed by atoms with Crippen molar-refractivity contribution in [3.8, 4) is 11.1 Å². The van der Waals surface area contributed by atoms with E-state index in [9.17, 15) is 9.59 Å². The zero-order valence-corrected chi connectivity index (χ0v) is 16.6. The largest absolute Gasteiger partial charge is 0.449 e. The number of ether oxygens (including phenoxy) is 4. The molecule has 7 heteroatoms. The van der Waals surface area contributed by atoms with E-state index < -0.39 is 18.1 Å². The Balaban J connectivity index is 1.50. The third-order valence-electron chi connectivity index (χ3n) is 4.75. The van der Waals surface area contributed by atoms with Crippen LogP contribution in [0.3, 0.4) is 0 Å². The number of nitrogens with one attached hydrogen (secondary N) is 1. The molecule has 2 aromatic carbocycles. The fourth-order valence-electron chi connectivity index (χ4n) is 3.30. The number of benzene rings is 2. The molecular weight excluding hydrogens is 374 g/mol. The quantitative estimate of drug-likeness (QED) is 0.396. The van der Waals surface area contributed by atoms with Crippen LogP contribution in [0.1, 0.15) is 24.0 Å². The molecular formula is C22H25NO6. The van der Waals surface area contributed by atoms with Gasteiger partial charge < -0.3 is 24.3 Å². The molecule has 1 N–H and O–H groups in total. The molecule has 1 amide bonds. The van der Waals surface area contributed by atoms with Gasteiger partial charge in [0.25, 0.3) is 0 Å². The normalized spacial score (nSPS) is 13.3. The minimum Gasteiger partial charge on any atom is -0.449 e. The van der Waals surface area contributed by atoms with Gasteiger partial charge in [-0.05, 0) is 29.2 Å². The van der Waals surface area contributed by atoms with Crippen molar-refractivity contribution >= 4 is 12.1 Å². The van der Waals surface area contributed by atoms with E-state index in [4.69, 9.17) is 18.9 Å². The number of carbonyl (C=O) groups is 2. The van der Waals surface area contributed by atoms with Gasteiger partial charge in [-0.3, -0.25) is 0 Å². The molecule has 0 saturated heterocycles. The first kappa shape index (κ1) is 20.8. The highest BCUT2D eigenvalue weighted by molar-refractivity contribution is 5.81. The molecule has 0 fully saturated rings. The van der Waals surface area contributed by atoms with Gasteiger partial charge in [-0.15, -0.1) is 0 Å². The summed E-state index contributed by atoms with van der Waals surface area (Å²) < 4.78 is 20.2. The first-order valence-corrected chi connectivity index (χ1v) is 9.46. The molecule has 0 radical (unpaired) electrons. The molecule has 1 atom stereocenters. The van der Waals surface area contributed by atoms with Crippen molar-refractivity contribution in [3.63, 3.8) is 0 Å². The second kappa shape index (κ2) is 10.0. The number of amides is 1. The SMILES string of the molecule is COCCOCOC(=O)[C@H](C)NC(=O)OCC1c2ccccc2-c2ccccc21. The van der Waals surface area contributed by atoms with E-state index in [1.54, 1.807) is 7.11 Å². The van der Waals surface area contributed by atoms with Gasteiger partial charge in [-0.25, -0.2) is 9.59 Å². The van der Waals surface area contributed by atoms with Gasteiger partial charge in [0.2, 0.25) is 0 Å². The Kier molecular flexibility index (Phi) is 7.21. The van der Waals surface area contributed by atoms with Crippen LogP contribution in [0, 0.1) is 0 Å². The Morgan fingerprint density at radius 1 is 0.966 bits per heavy atom. The number of rotatable bonds is 9. The van der Waals surface area contributed by atoms with Crippen LogP contribution in [-0.4, -0.2) is 51.8 Å². The molecule has 0 heterocycles. The predicted molar refractivity (Wildman–Crippen MR) is 106 cm³/mol. The van der Waals surface area contributed by atoms with Crippen LogP contribution in [0.15, 0.2) is 48.5 Å². The minimum atomic E-state index is -0.850. The average molecular weight is 399 g/mol. The third kappa shape index (κ3) is 5.13. The second-order valence-corrected chi connectivity index (χ2v) is 6.67. The van der Waals surface area contributed by atoms with E-state index in [1.807, 2.05) is 36.4 Å². The summed E-state index contributed by atoms with van der Waals surface area (Å²) in [4.78, 5) is 24.1. The van der Waals surface area contributed by atoms with Gasteiger partial charge >= 0.3 is 12.1 Å². The van der Waals surface area contributed by atoms with Gasteiger partial charge in [0.15, 0.2) is 6.79 Å². The highest BCUT2D eigenvalue weighted by atomic mass is 16.7. The molecule has 0 aliphatic heterocycles. The van der Waals surface area contributed by atoms with E-state index in [-0.39, 0.29) is 19.3 Å². The number of hydrogen-bond acceptors (Lipinski definition) is 6. The molecule has 0 unspecified atom stereocenters. The lowest BCUT2D eigenvalue weighted by atomic mass is 9.98. The number of fused-ring (bicyclic) bond motifs is 3. The molecule has 0 bridgehead atoms. The Hall–Kier alpha value is -2.90. The number of alkyl carbamates (subject to hydrolysis) is 1. The first-order chi connectivity index (χ1) is 14.1. The molecule has 2 aromatic rings. The summed E-state index contributed by atoms with van der Waals surface area (Å²) in [6.45, 7) is 2.24. The fourth-order valence-corrected chi connectivity index (χ4v) is 3.30. The molecule has 0 saturated carbocycles. The van der Waals surface area contributed by atoms with Crippen molar-refractivity contribution in [1.82, 2.24) is 5.32 Å². The van der Waals surface area contributed by atoms with E-state index in [1.165, 1.54) is 6.92 Å². The lowest BCUT2D eigenvalue weighted by Crippen LogP contribution is -2.40. The van der Waals surface area contributed by atoms with Crippen LogP contribution >= 0.6 is 0 Å². The fraction of sp³-hybridized carbons (Fsp3) is 0.364. The van der Waals surface area contributed by atoms with Crippen molar-refractivity contribution in [3.05, 3.63) is 59.7 Å². The number of hydrogen-bond donors (Lipinski definition) is 1. The summed E-state index contributed by atoms with van der Waals surface area (Å²) in [5, 5.41) is 2.49. The van der Waals surface area contributed by atoms with Crippen LogP contribution in [0.4, 0.5) is 4.79 Å². The van der Waals surface area contributed by atoms with Crippen molar-refractivity contribution in [2.24, 2.45) is 0 Å². The average Bonchev–Trinajstić information content (AvgIpc) is 3.06. The van der Waals surface area contributed by atoms with Gasteiger partial charge in [-0.2, -0.15) is 0 Å². The van der Waals surface area contributed by atoms with Gasteiger partial charge in [0, 0.05) is 13.0 Å². The summed E-state index contributed by atoms with van der Waals surface area (Å²) in [6, 6.07) is 15.3. The van der Waals surface area contributed by atoms with Crippen molar-refractivity contribution in [2.45, 2.75) is 18.9 Å². The highest BCUT2D eigenvalue weighted by Gasteiger charge is 2.29. The maximum Gasteiger partial charge on any atom is 0.407 e. The molecule has 1 aliphatic rings.